The Morgan fingerprint density at radius 2 is 1.33 bits per heavy atom. The molecule has 7 aromatic carbocycles. The summed E-state index contributed by atoms with van der Waals surface area (Å²) < 4.78 is 9.24. The molecule has 12 rings (SSSR count). The number of benzene rings is 7. The van der Waals surface area contributed by atoms with E-state index >= 15 is 0 Å². The highest BCUT2D eigenvalue weighted by Gasteiger charge is 2.47. The van der Waals surface area contributed by atoms with E-state index in [-0.39, 0.29) is 6.04 Å². The van der Waals surface area contributed by atoms with Crippen LogP contribution in [0.3, 0.4) is 0 Å². The summed E-state index contributed by atoms with van der Waals surface area (Å²) in [7, 11) is 0. The van der Waals surface area contributed by atoms with Crippen LogP contribution in [0.15, 0.2) is 204 Å². The van der Waals surface area contributed by atoms with E-state index < -0.39 is 0 Å². The number of hydrogen-bond acceptors (Lipinski definition) is 5. The van der Waals surface area contributed by atoms with Gasteiger partial charge in [0.1, 0.15) is 11.2 Å². The van der Waals surface area contributed by atoms with E-state index in [1.54, 1.807) is 0 Å². The standard InChI is InChI=1S/C56H35N3OS/c1-34-42(35-11-3-2-4-12-35)26-27-48-55(37-23-21-36(22-24-37)43-16-6-5-13-41(43)33-57)59(48)54(34)53-52-47-32-39(25-28-49(47)60-50(52)29-30-58-53)38-14-9-15-40(31-38)44-18-10-19-46-45-17-7-8-20-51(45)61-56(44)46/h2-32,55H,1H3. The van der Waals surface area contributed by atoms with Crippen molar-refractivity contribution in [1.82, 2.24) is 9.88 Å². The Balaban J connectivity index is 0.987. The summed E-state index contributed by atoms with van der Waals surface area (Å²) in [6, 6.07) is 62.2. The van der Waals surface area contributed by atoms with Crippen LogP contribution in [0.1, 0.15) is 35.3 Å². The van der Waals surface area contributed by atoms with E-state index in [0.717, 1.165) is 72.3 Å². The predicted molar refractivity (Wildman–Crippen MR) is 252 cm³/mol. The lowest BCUT2D eigenvalue weighted by Crippen LogP contribution is -2.05. The third kappa shape index (κ3) is 5.68. The van der Waals surface area contributed by atoms with Gasteiger partial charge in [0.25, 0.3) is 0 Å². The first-order valence-electron chi connectivity index (χ1n) is 20.5. The average molecular weight is 798 g/mol. The van der Waals surface area contributed by atoms with Gasteiger partial charge in [-0.2, -0.15) is 5.26 Å². The molecule has 5 heteroatoms. The van der Waals surface area contributed by atoms with E-state index in [1.807, 2.05) is 47.9 Å². The number of rotatable bonds is 6. The largest absolute Gasteiger partial charge is 0.456 e. The fourth-order valence-electron chi connectivity index (χ4n) is 9.38. The van der Waals surface area contributed by atoms with E-state index in [0.29, 0.717) is 5.56 Å². The van der Waals surface area contributed by atoms with Crippen LogP contribution >= 0.6 is 11.3 Å². The first-order chi connectivity index (χ1) is 30.1. The minimum absolute atomic E-state index is 0.0395. The predicted octanol–water partition coefficient (Wildman–Crippen LogP) is 15.0. The molecule has 61 heavy (non-hydrogen) atoms. The van der Waals surface area contributed by atoms with Crippen LogP contribution in [0.5, 0.6) is 0 Å². The van der Waals surface area contributed by atoms with E-state index in [4.69, 9.17) is 9.40 Å². The van der Waals surface area contributed by atoms with Crippen LogP contribution in [-0.2, 0) is 0 Å². The number of pyridine rings is 1. The van der Waals surface area contributed by atoms with Crippen LogP contribution in [-0.4, -0.2) is 9.88 Å². The molecule has 5 heterocycles. The van der Waals surface area contributed by atoms with Gasteiger partial charge in [-0.3, -0.25) is 4.98 Å². The number of allylic oxidation sites excluding steroid dienone is 4. The van der Waals surface area contributed by atoms with Crippen molar-refractivity contribution in [1.29, 1.82) is 5.26 Å². The maximum absolute atomic E-state index is 9.78. The van der Waals surface area contributed by atoms with Gasteiger partial charge in [-0.15, -0.1) is 11.3 Å². The van der Waals surface area contributed by atoms with Gasteiger partial charge < -0.3 is 9.32 Å². The monoisotopic (exact) mass is 797 g/mol. The van der Waals surface area contributed by atoms with Crippen LogP contribution < -0.4 is 0 Å². The lowest BCUT2D eigenvalue weighted by molar-refractivity contribution is 0.668. The molecule has 0 saturated carbocycles. The summed E-state index contributed by atoms with van der Waals surface area (Å²) in [4.78, 5) is 7.64. The van der Waals surface area contributed by atoms with Gasteiger partial charge >= 0.3 is 0 Å². The Kier molecular flexibility index (Phi) is 8.03. The highest BCUT2D eigenvalue weighted by molar-refractivity contribution is 7.26. The van der Waals surface area contributed by atoms with Crippen molar-refractivity contribution in [3.63, 3.8) is 0 Å². The molecular weight excluding hydrogens is 763 g/mol. The molecule has 2 aliphatic rings. The average Bonchev–Trinajstić information content (AvgIpc) is 3.73. The zero-order valence-electron chi connectivity index (χ0n) is 33.1. The van der Waals surface area contributed by atoms with Gasteiger partial charge in [0.05, 0.1) is 34.5 Å². The topological polar surface area (TPSA) is 52.8 Å². The summed E-state index contributed by atoms with van der Waals surface area (Å²) >= 11 is 1.86. The van der Waals surface area contributed by atoms with E-state index in [9.17, 15) is 5.26 Å². The SMILES string of the molecule is CC1=C(c2nccc3oc4ccc(-c5cccc(-c6cccc7c6sc6ccccc67)c5)cc4c23)N2C(=CC=C1c1ccccc1)C2c1ccc(-c2ccccc2C#N)cc1. The maximum atomic E-state index is 9.78. The molecule has 2 aliphatic heterocycles. The van der Waals surface area contributed by atoms with Crippen molar-refractivity contribution >= 4 is 64.7 Å². The molecule has 0 amide bonds. The van der Waals surface area contributed by atoms with Gasteiger partial charge in [0.2, 0.25) is 0 Å². The molecule has 0 aliphatic carbocycles. The van der Waals surface area contributed by atoms with Gasteiger partial charge in [-0.25, -0.2) is 0 Å². The van der Waals surface area contributed by atoms with Crippen molar-refractivity contribution in [2.24, 2.45) is 0 Å². The molecule has 4 nitrogen and oxygen atoms in total. The molecule has 1 saturated heterocycles. The second-order valence-electron chi connectivity index (χ2n) is 15.8. The molecule has 0 N–H and O–H groups in total. The fraction of sp³-hybridized carbons (Fsp3) is 0.0357. The Bertz CT molecular complexity index is 3560. The molecule has 1 atom stereocenters. The minimum atomic E-state index is 0.0395. The number of thiophene rings is 1. The van der Waals surface area contributed by atoms with Crippen LogP contribution in [0.25, 0.3) is 86.8 Å². The minimum Gasteiger partial charge on any atom is -0.456 e. The molecule has 10 aromatic rings. The summed E-state index contributed by atoms with van der Waals surface area (Å²) in [5.74, 6) is 0. The van der Waals surface area contributed by atoms with Crippen LogP contribution in [0.4, 0.5) is 0 Å². The number of fused-ring (bicyclic) bond motifs is 7. The number of nitriles is 1. The Morgan fingerprint density at radius 1 is 0.607 bits per heavy atom. The normalized spacial score (nSPS) is 14.9. The lowest BCUT2D eigenvalue weighted by Gasteiger charge is -2.17. The van der Waals surface area contributed by atoms with Crippen molar-refractivity contribution in [3.8, 4) is 39.4 Å². The molecule has 0 radical (unpaired) electrons. The molecule has 3 aromatic heterocycles. The maximum Gasteiger partial charge on any atom is 0.139 e. The number of aromatic nitrogens is 1. The molecule has 1 unspecified atom stereocenters. The molecule has 0 bridgehead atoms. The molecule has 1 fully saturated rings. The Hall–Kier alpha value is -7.78. The Morgan fingerprint density at radius 3 is 2.21 bits per heavy atom. The lowest BCUT2D eigenvalue weighted by atomic mass is 9.94. The summed E-state index contributed by atoms with van der Waals surface area (Å²) in [6.07, 6.45) is 6.40. The summed E-state index contributed by atoms with van der Waals surface area (Å²) in [6.45, 7) is 2.22. The van der Waals surface area contributed by atoms with Crippen molar-refractivity contribution in [2.45, 2.75) is 13.0 Å². The number of hydrogen-bond donors (Lipinski definition) is 0. The number of nitrogens with zero attached hydrogens (tertiary/aromatic N) is 3. The zero-order chi connectivity index (χ0) is 40.6. The quantitative estimate of drug-likeness (QED) is 0.157. The van der Waals surface area contributed by atoms with Crippen molar-refractivity contribution in [3.05, 3.63) is 222 Å². The third-order valence-corrected chi connectivity index (χ3v) is 13.6. The van der Waals surface area contributed by atoms with Gasteiger partial charge in [0, 0.05) is 37.5 Å². The zero-order valence-corrected chi connectivity index (χ0v) is 33.9. The molecule has 0 spiro atoms. The van der Waals surface area contributed by atoms with E-state index in [2.05, 4.69) is 170 Å². The second kappa shape index (κ2) is 13.9. The van der Waals surface area contributed by atoms with Gasteiger partial charge in [-0.1, -0.05) is 140 Å². The second-order valence-corrected chi connectivity index (χ2v) is 16.8. The smallest absolute Gasteiger partial charge is 0.139 e. The fourth-order valence-corrected chi connectivity index (χ4v) is 10.6. The van der Waals surface area contributed by atoms with Crippen molar-refractivity contribution in [2.75, 3.05) is 0 Å². The molecule has 286 valence electrons. The first-order valence-corrected chi connectivity index (χ1v) is 21.3. The summed E-state index contributed by atoms with van der Waals surface area (Å²) in [5.41, 5.74) is 16.8. The summed E-state index contributed by atoms with van der Waals surface area (Å²) in [5, 5.41) is 14.4. The Labute approximate surface area is 356 Å². The highest BCUT2D eigenvalue weighted by Crippen LogP contribution is 2.57. The molecular formula is C56H35N3OS. The number of furan rings is 1. The van der Waals surface area contributed by atoms with Crippen molar-refractivity contribution < 1.29 is 4.42 Å². The third-order valence-electron chi connectivity index (χ3n) is 12.4. The van der Waals surface area contributed by atoms with Gasteiger partial charge in [-0.05, 0) is 105 Å². The van der Waals surface area contributed by atoms with E-state index in [1.165, 1.54) is 42.6 Å². The van der Waals surface area contributed by atoms with Crippen LogP contribution in [0, 0.1) is 11.3 Å². The van der Waals surface area contributed by atoms with Gasteiger partial charge in [0.15, 0.2) is 0 Å². The van der Waals surface area contributed by atoms with Crippen LogP contribution in [0.2, 0.25) is 0 Å². The highest BCUT2D eigenvalue weighted by atomic mass is 32.1. The first kappa shape index (κ1) is 35.2.